The van der Waals surface area contributed by atoms with Crippen molar-refractivity contribution in [3.63, 3.8) is 0 Å². The van der Waals surface area contributed by atoms with E-state index in [0.29, 0.717) is 0 Å². The second-order valence-electron chi connectivity index (χ2n) is 6.86. The summed E-state index contributed by atoms with van der Waals surface area (Å²) in [6, 6.07) is 38.7. The molecule has 0 fully saturated rings. The van der Waals surface area contributed by atoms with E-state index in [0.717, 1.165) is 0 Å². The Hall–Kier alpha value is -3.21. The van der Waals surface area contributed by atoms with Gasteiger partial charge in [0, 0.05) is 5.12 Å². The zero-order valence-electron chi connectivity index (χ0n) is 15.4. The van der Waals surface area contributed by atoms with Crippen LogP contribution in [0.1, 0.15) is 0 Å². The van der Waals surface area contributed by atoms with Crippen LogP contribution in [-0.2, 0) is 0 Å². The molecule has 0 aliphatic carbocycles. The second kappa shape index (κ2) is 7.43. The predicted octanol–water partition coefficient (Wildman–Crippen LogP) is 8.57. The fourth-order valence-corrected chi connectivity index (χ4v) is 4.62. The first-order valence-corrected chi connectivity index (χ1v) is 10.5. The summed E-state index contributed by atoms with van der Waals surface area (Å²) < 4.78 is 0. The number of benzene rings is 5. The van der Waals surface area contributed by atoms with Gasteiger partial charge in [-0.15, -0.1) is 0 Å². The molecule has 0 radical (unpaired) electrons. The highest BCUT2D eigenvalue weighted by Crippen LogP contribution is 2.29. The normalized spacial score (nSPS) is 11.1. The van der Waals surface area contributed by atoms with Crippen LogP contribution in [0.4, 0.5) is 0 Å². The van der Waals surface area contributed by atoms with Gasteiger partial charge in [-0.3, -0.25) is 0 Å². The Labute approximate surface area is 166 Å². The first-order chi connectivity index (χ1) is 13.9. The van der Waals surface area contributed by atoms with Gasteiger partial charge >= 0.3 is 0 Å². The highest BCUT2D eigenvalue weighted by Gasteiger charge is 1.98. The van der Waals surface area contributed by atoms with E-state index in [-0.39, 0.29) is 0 Å². The monoisotopic (exact) mass is 374 g/mol. The van der Waals surface area contributed by atoms with E-state index < -0.39 is 0 Å². The van der Waals surface area contributed by atoms with Crippen molar-refractivity contribution in [2.45, 2.75) is 0 Å². The Bertz CT molecular complexity index is 1200. The van der Waals surface area contributed by atoms with Gasteiger partial charge in [-0.05, 0) is 49.6 Å². The third-order valence-corrected chi connectivity index (χ3v) is 6.15. The zero-order chi connectivity index (χ0) is 18.8. The van der Waals surface area contributed by atoms with Crippen molar-refractivity contribution in [3.8, 4) is 0 Å². The molecule has 1 heteroatoms. The van der Waals surface area contributed by atoms with E-state index in [9.17, 15) is 0 Å². The first kappa shape index (κ1) is 16.9. The Balaban J connectivity index is 0.000000122. The van der Waals surface area contributed by atoms with Gasteiger partial charge in [0.25, 0.3) is 0 Å². The summed E-state index contributed by atoms with van der Waals surface area (Å²) in [5, 5.41) is 10.8. The minimum absolute atomic E-state index is 1.31. The van der Waals surface area contributed by atoms with Crippen molar-refractivity contribution in [3.05, 3.63) is 115 Å². The smallest absolute Gasteiger partial charge is 0.00966 e. The van der Waals surface area contributed by atoms with Gasteiger partial charge in [-0.2, -0.15) is 0 Å². The number of rotatable bonds is 0. The maximum Gasteiger partial charge on any atom is 0.00966 e. The lowest BCUT2D eigenvalue weighted by Crippen LogP contribution is -1.75. The van der Waals surface area contributed by atoms with Crippen LogP contribution in [0, 0.1) is 0 Å². The van der Waals surface area contributed by atoms with Crippen molar-refractivity contribution in [1.82, 2.24) is 0 Å². The van der Waals surface area contributed by atoms with Crippen LogP contribution in [0.15, 0.2) is 115 Å². The van der Waals surface area contributed by atoms with Crippen LogP contribution in [0.2, 0.25) is 0 Å². The van der Waals surface area contributed by atoms with Gasteiger partial charge in [-0.25, -0.2) is 0 Å². The molecule has 1 heterocycles. The van der Waals surface area contributed by atoms with Crippen LogP contribution in [0.25, 0.3) is 42.8 Å². The van der Waals surface area contributed by atoms with Gasteiger partial charge in [-0.1, -0.05) is 111 Å². The molecule has 0 saturated heterocycles. The molecule has 0 atom stereocenters. The van der Waals surface area contributed by atoms with E-state index in [4.69, 9.17) is 0 Å². The van der Waals surface area contributed by atoms with E-state index >= 15 is 0 Å². The standard InChI is InChI=1S/C14H10.C13H9P/c1-3-7-13-11(5-1)9-10-12-6-2-4-8-14(12)13;1-2-5-11-10(4-1)7-8-13-12(11)6-3-9-14-13/h1-10H;1-9H. The highest BCUT2D eigenvalue weighted by atomic mass is 31.0. The molecular formula is C27H19P. The molecule has 28 heavy (non-hydrogen) atoms. The third kappa shape index (κ3) is 3.13. The van der Waals surface area contributed by atoms with Gasteiger partial charge in [0.15, 0.2) is 0 Å². The fourth-order valence-electron chi connectivity index (χ4n) is 3.79. The second-order valence-corrected chi connectivity index (χ2v) is 7.90. The molecule has 0 unspecified atom stereocenters. The van der Waals surface area contributed by atoms with Crippen molar-refractivity contribution < 1.29 is 0 Å². The first-order valence-electron chi connectivity index (χ1n) is 9.49. The predicted molar refractivity (Wildman–Crippen MR) is 125 cm³/mol. The molecule has 6 aromatic rings. The molecular weight excluding hydrogens is 355 g/mol. The van der Waals surface area contributed by atoms with Crippen LogP contribution in [0.3, 0.4) is 0 Å². The lowest BCUT2D eigenvalue weighted by atomic mass is 10.0. The molecule has 0 aliphatic heterocycles. The quantitative estimate of drug-likeness (QED) is 0.234. The Morgan fingerprint density at radius 1 is 0.357 bits per heavy atom. The molecule has 6 rings (SSSR count). The largest absolute Gasteiger partial charge is 0.0678 e. The summed E-state index contributed by atoms with van der Waals surface area (Å²) >= 11 is 0. The maximum absolute atomic E-state index is 2.22. The van der Waals surface area contributed by atoms with E-state index in [1.54, 1.807) is 0 Å². The average molecular weight is 374 g/mol. The zero-order valence-corrected chi connectivity index (χ0v) is 16.3. The molecule has 0 bridgehead atoms. The molecule has 5 aromatic carbocycles. The van der Waals surface area contributed by atoms with Crippen molar-refractivity contribution in [1.29, 1.82) is 0 Å². The summed E-state index contributed by atoms with van der Waals surface area (Å²) in [4.78, 5) is 0. The topological polar surface area (TPSA) is 0 Å². The minimum atomic E-state index is 1.31. The van der Waals surface area contributed by atoms with Crippen molar-refractivity contribution in [2.24, 2.45) is 0 Å². The molecule has 0 amide bonds. The lowest BCUT2D eigenvalue weighted by Gasteiger charge is -2.02. The fraction of sp³-hybridized carbons (Fsp3) is 0. The minimum Gasteiger partial charge on any atom is -0.0678 e. The lowest BCUT2D eigenvalue weighted by molar-refractivity contribution is 1.76. The van der Waals surface area contributed by atoms with Crippen molar-refractivity contribution >= 4 is 51.0 Å². The van der Waals surface area contributed by atoms with Gasteiger partial charge in [0.05, 0.1) is 0 Å². The van der Waals surface area contributed by atoms with E-state index in [1.165, 1.54) is 51.0 Å². The Morgan fingerprint density at radius 2 is 0.786 bits per heavy atom. The third-order valence-electron chi connectivity index (χ3n) is 5.16. The molecule has 0 saturated carbocycles. The molecule has 132 valence electrons. The summed E-state index contributed by atoms with van der Waals surface area (Å²) in [5.74, 6) is 2.18. The summed E-state index contributed by atoms with van der Waals surface area (Å²) in [6.07, 6.45) is 0. The van der Waals surface area contributed by atoms with Gasteiger partial charge in [0.1, 0.15) is 0 Å². The van der Waals surface area contributed by atoms with Crippen LogP contribution in [0.5, 0.6) is 0 Å². The Kier molecular flexibility index (Phi) is 4.49. The van der Waals surface area contributed by atoms with E-state index in [1.807, 2.05) is 0 Å². The van der Waals surface area contributed by atoms with Gasteiger partial charge in [0.2, 0.25) is 0 Å². The van der Waals surface area contributed by atoms with Crippen LogP contribution < -0.4 is 0 Å². The SMILES string of the molecule is c1ccc2c(c1)ccc1ccccc12.c1ccc2c(c1)ccc1pcccc12. The molecule has 0 spiro atoms. The molecule has 0 N–H and O–H groups in total. The summed E-state index contributed by atoms with van der Waals surface area (Å²) in [6.45, 7) is 0. The maximum atomic E-state index is 2.22. The highest BCUT2D eigenvalue weighted by molar-refractivity contribution is 7.36. The number of hydrogen-bond donors (Lipinski definition) is 0. The molecule has 1 aromatic heterocycles. The van der Waals surface area contributed by atoms with Crippen molar-refractivity contribution in [2.75, 3.05) is 0 Å². The average Bonchev–Trinajstić information content (AvgIpc) is 2.79. The molecule has 0 aliphatic rings. The van der Waals surface area contributed by atoms with Gasteiger partial charge < -0.3 is 0 Å². The summed E-state index contributed by atoms with van der Waals surface area (Å²) in [5.41, 5.74) is 0. The van der Waals surface area contributed by atoms with Crippen LogP contribution in [-0.4, -0.2) is 0 Å². The number of fused-ring (bicyclic) bond motifs is 6. The number of hydrogen-bond acceptors (Lipinski definition) is 0. The van der Waals surface area contributed by atoms with E-state index in [2.05, 4.69) is 115 Å². The Morgan fingerprint density at radius 3 is 1.36 bits per heavy atom. The molecule has 0 nitrogen and oxygen atoms in total. The van der Waals surface area contributed by atoms with Crippen LogP contribution >= 0.6 is 8.19 Å². The summed E-state index contributed by atoms with van der Waals surface area (Å²) in [7, 11) is 1.31.